The third-order valence-electron chi connectivity index (χ3n) is 2.89. The van der Waals surface area contributed by atoms with Gasteiger partial charge in [0, 0.05) is 11.8 Å². The molecule has 0 aliphatic heterocycles. The molecule has 3 rings (SSSR count). The summed E-state index contributed by atoms with van der Waals surface area (Å²) < 4.78 is 4.24. The first-order chi connectivity index (χ1) is 8.68. The van der Waals surface area contributed by atoms with Crippen LogP contribution in [0.25, 0.3) is 11.4 Å². The summed E-state index contributed by atoms with van der Waals surface area (Å²) in [4.78, 5) is 15.7. The number of carboxylic acids is 1. The molecule has 2 aromatic heterocycles. The molecule has 1 saturated carbocycles. The monoisotopic (exact) mass is 280 g/mol. The molecule has 6 heteroatoms. The number of nitrogens with zero attached hydrogens (tertiary/aromatic N) is 2. The number of aromatic nitrogens is 2. The molecule has 1 aliphatic rings. The summed E-state index contributed by atoms with van der Waals surface area (Å²) in [6.07, 6.45) is 3.66. The molecule has 18 heavy (non-hydrogen) atoms. The van der Waals surface area contributed by atoms with Crippen molar-refractivity contribution in [1.29, 1.82) is 0 Å². The van der Waals surface area contributed by atoms with Gasteiger partial charge in [0.05, 0.1) is 5.02 Å². The van der Waals surface area contributed by atoms with Gasteiger partial charge in [0.15, 0.2) is 0 Å². The summed E-state index contributed by atoms with van der Waals surface area (Å²) in [7, 11) is 0. The fourth-order valence-corrected chi connectivity index (χ4v) is 2.95. The zero-order chi connectivity index (χ0) is 12.7. The largest absolute Gasteiger partial charge is 0.477 e. The van der Waals surface area contributed by atoms with Crippen molar-refractivity contribution in [3.63, 3.8) is 0 Å². The first-order valence-electron chi connectivity index (χ1n) is 5.52. The molecular weight excluding hydrogens is 272 g/mol. The molecule has 2 aromatic rings. The van der Waals surface area contributed by atoms with Crippen molar-refractivity contribution in [1.82, 2.24) is 9.36 Å². The Labute approximate surface area is 112 Å². The van der Waals surface area contributed by atoms with E-state index in [1.807, 2.05) is 0 Å². The van der Waals surface area contributed by atoms with Crippen molar-refractivity contribution < 1.29 is 9.90 Å². The Hall–Kier alpha value is -1.46. The van der Waals surface area contributed by atoms with Gasteiger partial charge in [-0.15, -0.1) is 0 Å². The SMILES string of the molecule is O=C(O)c1snc(-c2ncccc2Cl)c1C1CC1. The lowest BCUT2D eigenvalue weighted by molar-refractivity contribution is 0.0701. The summed E-state index contributed by atoms with van der Waals surface area (Å²) in [5.41, 5.74) is 2.00. The average molecular weight is 281 g/mol. The molecule has 2 heterocycles. The normalized spacial score (nSPS) is 14.7. The summed E-state index contributed by atoms with van der Waals surface area (Å²) in [6, 6.07) is 3.48. The molecule has 0 atom stereocenters. The molecule has 92 valence electrons. The van der Waals surface area contributed by atoms with Crippen molar-refractivity contribution in [2.45, 2.75) is 18.8 Å². The number of carbonyl (C=O) groups is 1. The maximum absolute atomic E-state index is 11.2. The Kier molecular flexibility index (Phi) is 2.80. The molecule has 0 bridgehead atoms. The van der Waals surface area contributed by atoms with Gasteiger partial charge in [-0.05, 0) is 42.4 Å². The number of rotatable bonds is 3. The lowest BCUT2D eigenvalue weighted by atomic mass is 10.1. The average Bonchev–Trinajstić information content (AvgIpc) is 3.09. The Morgan fingerprint density at radius 1 is 1.44 bits per heavy atom. The van der Waals surface area contributed by atoms with E-state index in [0.717, 1.165) is 29.9 Å². The second kappa shape index (κ2) is 4.33. The highest BCUT2D eigenvalue weighted by atomic mass is 35.5. The molecule has 0 amide bonds. The van der Waals surface area contributed by atoms with Crippen molar-refractivity contribution >= 4 is 29.1 Å². The molecule has 4 nitrogen and oxygen atoms in total. The van der Waals surface area contributed by atoms with Gasteiger partial charge in [0.25, 0.3) is 0 Å². The van der Waals surface area contributed by atoms with Crippen LogP contribution in [0.5, 0.6) is 0 Å². The second-order valence-electron chi connectivity index (χ2n) is 4.19. The zero-order valence-electron chi connectivity index (χ0n) is 9.26. The van der Waals surface area contributed by atoms with E-state index in [2.05, 4.69) is 9.36 Å². The predicted octanol–water partition coefficient (Wildman–Crippen LogP) is 3.43. The summed E-state index contributed by atoms with van der Waals surface area (Å²) in [5.74, 6) is -0.629. The van der Waals surface area contributed by atoms with Crippen molar-refractivity contribution in [3.8, 4) is 11.4 Å². The van der Waals surface area contributed by atoms with Crippen LogP contribution in [0.4, 0.5) is 0 Å². The van der Waals surface area contributed by atoms with Crippen LogP contribution in [0.15, 0.2) is 18.3 Å². The van der Waals surface area contributed by atoms with Crippen molar-refractivity contribution in [2.24, 2.45) is 0 Å². The van der Waals surface area contributed by atoms with Crippen LogP contribution in [0.3, 0.4) is 0 Å². The standard InChI is InChI=1S/C12H9ClN2O2S/c13-7-2-1-5-14-9(7)10-8(6-3-4-6)11(12(16)17)18-15-10/h1-2,5-6H,3-4H2,(H,16,17). The fraction of sp³-hybridized carbons (Fsp3) is 0.250. The number of pyridine rings is 1. The minimum absolute atomic E-state index is 0.294. The van der Waals surface area contributed by atoms with Gasteiger partial charge in [-0.1, -0.05) is 11.6 Å². The van der Waals surface area contributed by atoms with Crippen LogP contribution in [-0.4, -0.2) is 20.4 Å². The van der Waals surface area contributed by atoms with Crippen molar-refractivity contribution in [3.05, 3.63) is 33.8 Å². The molecule has 0 unspecified atom stereocenters. The molecule has 0 saturated heterocycles. The van der Waals surface area contributed by atoms with Gasteiger partial charge >= 0.3 is 5.97 Å². The number of halogens is 1. The summed E-state index contributed by atoms with van der Waals surface area (Å²) >= 11 is 7.11. The highest BCUT2D eigenvalue weighted by Gasteiger charge is 2.34. The first kappa shape index (κ1) is 11.6. The maximum atomic E-state index is 11.2. The van der Waals surface area contributed by atoms with Gasteiger partial charge in [0.1, 0.15) is 16.3 Å². The molecule has 1 fully saturated rings. The highest BCUT2D eigenvalue weighted by molar-refractivity contribution is 7.08. The van der Waals surface area contributed by atoms with Crippen LogP contribution < -0.4 is 0 Å². The van der Waals surface area contributed by atoms with Crippen LogP contribution in [0, 0.1) is 0 Å². The molecule has 1 aliphatic carbocycles. The summed E-state index contributed by atoms with van der Waals surface area (Å²) in [5, 5.41) is 9.69. The Bertz CT molecular complexity index is 622. The van der Waals surface area contributed by atoms with E-state index in [4.69, 9.17) is 11.6 Å². The first-order valence-corrected chi connectivity index (χ1v) is 6.67. The Morgan fingerprint density at radius 3 is 2.83 bits per heavy atom. The van der Waals surface area contributed by atoms with E-state index in [0.29, 0.717) is 27.2 Å². The van der Waals surface area contributed by atoms with E-state index in [1.165, 1.54) is 0 Å². The lowest BCUT2D eigenvalue weighted by Gasteiger charge is -2.03. The lowest BCUT2D eigenvalue weighted by Crippen LogP contribution is -1.98. The number of carboxylic acid groups (broad SMARTS) is 1. The molecule has 1 N–H and O–H groups in total. The molecular formula is C12H9ClN2O2S. The highest BCUT2D eigenvalue weighted by Crippen LogP contribution is 2.47. The minimum atomic E-state index is -0.923. The maximum Gasteiger partial charge on any atom is 0.347 e. The van der Waals surface area contributed by atoms with E-state index in [1.54, 1.807) is 18.3 Å². The van der Waals surface area contributed by atoms with E-state index < -0.39 is 5.97 Å². The third kappa shape index (κ3) is 1.89. The van der Waals surface area contributed by atoms with Crippen LogP contribution >= 0.6 is 23.1 Å². The van der Waals surface area contributed by atoms with E-state index in [9.17, 15) is 9.90 Å². The molecule has 0 spiro atoms. The summed E-state index contributed by atoms with van der Waals surface area (Å²) in [6.45, 7) is 0. The quantitative estimate of drug-likeness (QED) is 0.935. The van der Waals surface area contributed by atoms with Gasteiger partial charge in [-0.25, -0.2) is 4.79 Å². The zero-order valence-corrected chi connectivity index (χ0v) is 10.8. The number of hydrogen-bond donors (Lipinski definition) is 1. The van der Waals surface area contributed by atoms with Gasteiger partial charge in [-0.2, -0.15) is 4.37 Å². The van der Waals surface area contributed by atoms with Gasteiger partial charge < -0.3 is 5.11 Å². The van der Waals surface area contributed by atoms with Crippen LogP contribution in [-0.2, 0) is 0 Å². The Balaban J connectivity index is 2.18. The Morgan fingerprint density at radius 2 is 2.22 bits per heavy atom. The number of hydrogen-bond acceptors (Lipinski definition) is 4. The topological polar surface area (TPSA) is 63.1 Å². The fourth-order valence-electron chi connectivity index (χ4n) is 1.93. The van der Waals surface area contributed by atoms with E-state index in [-0.39, 0.29) is 0 Å². The predicted molar refractivity (Wildman–Crippen MR) is 69.3 cm³/mol. The van der Waals surface area contributed by atoms with Crippen molar-refractivity contribution in [2.75, 3.05) is 0 Å². The molecule has 0 aromatic carbocycles. The number of aromatic carboxylic acids is 1. The van der Waals surface area contributed by atoms with Crippen LogP contribution in [0.1, 0.15) is 34.0 Å². The van der Waals surface area contributed by atoms with E-state index >= 15 is 0 Å². The van der Waals surface area contributed by atoms with Crippen LogP contribution in [0.2, 0.25) is 5.02 Å². The molecule has 0 radical (unpaired) electrons. The smallest absolute Gasteiger partial charge is 0.347 e. The third-order valence-corrected chi connectivity index (χ3v) is 4.05. The van der Waals surface area contributed by atoms with Gasteiger partial charge in [0.2, 0.25) is 0 Å². The second-order valence-corrected chi connectivity index (χ2v) is 5.37. The minimum Gasteiger partial charge on any atom is -0.477 e. The van der Waals surface area contributed by atoms with Gasteiger partial charge in [-0.3, -0.25) is 4.98 Å².